The zero-order valence-electron chi connectivity index (χ0n) is 15.0. The van der Waals surface area contributed by atoms with Gasteiger partial charge >= 0.3 is 0 Å². The lowest BCUT2D eigenvalue weighted by Crippen LogP contribution is -2.17. The first-order valence-electron chi connectivity index (χ1n) is 8.67. The molecular formula is C20H15N3O4S2. The molecule has 7 nitrogen and oxygen atoms in total. The highest BCUT2D eigenvalue weighted by molar-refractivity contribution is 8.18. The van der Waals surface area contributed by atoms with E-state index in [0.29, 0.717) is 34.1 Å². The van der Waals surface area contributed by atoms with Crippen molar-refractivity contribution in [3.63, 3.8) is 0 Å². The Kier molecular flexibility index (Phi) is 5.97. The smallest absolute Gasteiger partial charge is 0.290 e. The van der Waals surface area contributed by atoms with Gasteiger partial charge in [-0.25, -0.2) is 0 Å². The maximum atomic E-state index is 11.6. The topological polar surface area (TPSA) is 94.3 Å². The predicted molar refractivity (Wildman–Crippen MR) is 112 cm³/mol. The van der Waals surface area contributed by atoms with Gasteiger partial charge in [0.05, 0.1) is 11.5 Å². The van der Waals surface area contributed by atoms with Crippen LogP contribution in [0, 0.1) is 0 Å². The molecule has 1 saturated heterocycles. The van der Waals surface area contributed by atoms with Gasteiger partial charge in [0.2, 0.25) is 5.89 Å². The fraction of sp³-hybridized carbons (Fsp3) is 0.100. The van der Waals surface area contributed by atoms with Crippen molar-refractivity contribution in [1.82, 2.24) is 15.5 Å². The standard InChI is InChI=1S/C20H15N3O4S2/c24-17-16(29-19(25)21-17)12-13-6-8-15(9-7-13)26-10-11-28-20-23-22-18(27-20)14-4-2-1-3-5-14/h1-9,12H,10-11H2,(H,21,24,25)/b16-12-. The molecule has 0 bridgehead atoms. The van der Waals surface area contributed by atoms with E-state index in [-0.39, 0.29) is 11.1 Å². The second-order valence-corrected chi connectivity index (χ2v) is 7.92. The van der Waals surface area contributed by atoms with E-state index in [1.807, 2.05) is 54.6 Å². The minimum absolute atomic E-state index is 0.351. The van der Waals surface area contributed by atoms with Crippen molar-refractivity contribution >= 4 is 40.7 Å². The molecule has 1 aliphatic rings. The maximum absolute atomic E-state index is 11.6. The average molecular weight is 425 g/mol. The van der Waals surface area contributed by atoms with Crippen LogP contribution in [0.4, 0.5) is 4.79 Å². The SMILES string of the molecule is O=C1NC(=O)/C(=C/c2ccc(OCCSc3nnc(-c4ccccc4)o3)cc2)S1. The summed E-state index contributed by atoms with van der Waals surface area (Å²) < 4.78 is 11.3. The molecule has 2 aromatic carbocycles. The monoisotopic (exact) mass is 425 g/mol. The van der Waals surface area contributed by atoms with E-state index in [0.717, 1.165) is 22.9 Å². The molecule has 146 valence electrons. The number of nitrogens with zero attached hydrogens (tertiary/aromatic N) is 2. The number of amides is 2. The third-order valence-electron chi connectivity index (χ3n) is 3.82. The number of hydrogen-bond acceptors (Lipinski definition) is 8. The number of benzene rings is 2. The summed E-state index contributed by atoms with van der Waals surface area (Å²) in [6, 6.07) is 16.9. The molecule has 1 aliphatic heterocycles. The fourth-order valence-corrected chi connectivity index (χ4v) is 3.75. The van der Waals surface area contributed by atoms with E-state index < -0.39 is 0 Å². The van der Waals surface area contributed by atoms with Crippen LogP contribution in [-0.2, 0) is 4.79 Å². The van der Waals surface area contributed by atoms with Crippen molar-refractivity contribution in [1.29, 1.82) is 0 Å². The second-order valence-electron chi connectivity index (χ2n) is 5.86. The van der Waals surface area contributed by atoms with Crippen molar-refractivity contribution in [3.05, 3.63) is 65.1 Å². The molecule has 0 atom stereocenters. The van der Waals surface area contributed by atoms with E-state index in [9.17, 15) is 9.59 Å². The Morgan fingerprint density at radius 3 is 2.59 bits per heavy atom. The quantitative estimate of drug-likeness (QED) is 0.341. The van der Waals surface area contributed by atoms with Gasteiger partial charge < -0.3 is 9.15 Å². The fourth-order valence-electron chi connectivity index (χ4n) is 2.49. The minimum Gasteiger partial charge on any atom is -0.493 e. The molecule has 0 aliphatic carbocycles. The summed E-state index contributed by atoms with van der Waals surface area (Å²) in [4.78, 5) is 23.1. The van der Waals surface area contributed by atoms with Crippen LogP contribution in [0.15, 0.2) is 69.1 Å². The molecule has 1 N–H and O–H groups in total. The molecular weight excluding hydrogens is 410 g/mol. The van der Waals surface area contributed by atoms with Crippen molar-refractivity contribution in [2.75, 3.05) is 12.4 Å². The van der Waals surface area contributed by atoms with E-state index in [1.165, 1.54) is 11.8 Å². The Bertz CT molecular complexity index is 1050. The van der Waals surface area contributed by atoms with Crippen LogP contribution < -0.4 is 10.1 Å². The maximum Gasteiger partial charge on any atom is 0.290 e. The number of carbonyl (C=O) groups excluding carboxylic acids is 2. The molecule has 1 fully saturated rings. The molecule has 0 saturated carbocycles. The first-order chi connectivity index (χ1) is 14.2. The molecule has 29 heavy (non-hydrogen) atoms. The van der Waals surface area contributed by atoms with Crippen molar-refractivity contribution in [3.8, 4) is 17.2 Å². The highest BCUT2D eigenvalue weighted by Crippen LogP contribution is 2.26. The summed E-state index contributed by atoms with van der Waals surface area (Å²) >= 11 is 2.32. The van der Waals surface area contributed by atoms with E-state index in [4.69, 9.17) is 9.15 Å². The van der Waals surface area contributed by atoms with Gasteiger partial charge in [-0.1, -0.05) is 42.1 Å². The summed E-state index contributed by atoms with van der Waals surface area (Å²) in [7, 11) is 0. The summed E-state index contributed by atoms with van der Waals surface area (Å²) in [6.45, 7) is 0.473. The lowest BCUT2D eigenvalue weighted by atomic mass is 10.2. The Hall–Kier alpha value is -3.04. The summed E-state index contributed by atoms with van der Waals surface area (Å²) in [5.41, 5.74) is 1.70. The molecule has 0 radical (unpaired) electrons. The molecule has 2 heterocycles. The van der Waals surface area contributed by atoms with Crippen molar-refractivity contribution in [2.45, 2.75) is 5.22 Å². The number of thioether (sulfide) groups is 2. The number of aromatic nitrogens is 2. The zero-order valence-corrected chi connectivity index (χ0v) is 16.7. The first-order valence-corrected chi connectivity index (χ1v) is 10.5. The molecule has 4 rings (SSSR count). The van der Waals surface area contributed by atoms with Gasteiger partial charge in [0.15, 0.2) is 0 Å². The number of imide groups is 1. The van der Waals surface area contributed by atoms with Gasteiger partial charge in [-0.15, -0.1) is 10.2 Å². The minimum atomic E-state index is -0.367. The van der Waals surface area contributed by atoms with Crippen molar-refractivity contribution in [2.24, 2.45) is 0 Å². The van der Waals surface area contributed by atoms with Crippen LogP contribution >= 0.6 is 23.5 Å². The van der Waals surface area contributed by atoms with Gasteiger partial charge in [-0.2, -0.15) is 0 Å². The van der Waals surface area contributed by atoms with Crippen LogP contribution in [-0.4, -0.2) is 33.7 Å². The van der Waals surface area contributed by atoms with Crippen LogP contribution in [0.1, 0.15) is 5.56 Å². The Morgan fingerprint density at radius 2 is 1.86 bits per heavy atom. The molecule has 9 heteroatoms. The summed E-state index contributed by atoms with van der Waals surface area (Å²) in [5.74, 6) is 1.49. The van der Waals surface area contributed by atoms with E-state index in [1.54, 1.807) is 6.08 Å². The lowest BCUT2D eigenvalue weighted by molar-refractivity contribution is -0.115. The number of rotatable bonds is 7. The summed E-state index contributed by atoms with van der Waals surface area (Å²) in [6.07, 6.45) is 1.67. The molecule has 0 unspecified atom stereocenters. The first kappa shape index (κ1) is 19.3. The Balaban J connectivity index is 1.25. The molecule has 3 aromatic rings. The van der Waals surface area contributed by atoms with Crippen LogP contribution in [0.5, 0.6) is 5.75 Å². The third-order valence-corrected chi connectivity index (χ3v) is 5.42. The normalized spacial score (nSPS) is 15.0. The van der Waals surface area contributed by atoms with Crippen molar-refractivity contribution < 1.29 is 18.7 Å². The Labute approximate surface area is 174 Å². The zero-order chi connectivity index (χ0) is 20.1. The average Bonchev–Trinajstić information content (AvgIpc) is 3.33. The number of nitrogens with one attached hydrogen (secondary N) is 1. The summed E-state index contributed by atoms with van der Waals surface area (Å²) in [5, 5.41) is 10.5. The van der Waals surface area contributed by atoms with Gasteiger partial charge in [0, 0.05) is 11.3 Å². The van der Waals surface area contributed by atoms with E-state index in [2.05, 4.69) is 15.5 Å². The lowest BCUT2D eigenvalue weighted by Gasteiger charge is -2.05. The van der Waals surface area contributed by atoms with Crippen LogP contribution in [0.25, 0.3) is 17.5 Å². The highest BCUT2D eigenvalue weighted by Gasteiger charge is 2.24. The predicted octanol–water partition coefficient (Wildman–Crippen LogP) is 4.23. The van der Waals surface area contributed by atoms with Gasteiger partial charge in [0.25, 0.3) is 16.4 Å². The third kappa shape index (κ3) is 5.07. The van der Waals surface area contributed by atoms with Crippen LogP contribution in [0.3, 0.4) is 0 Å². The second kappa shape index (κ2) is 8.97. The van der Waals surface area contributed by atoms with Crippen LogP contribution in [0.2, 0.25) is 0 Å². The number of carbonyl (C=O) groups is 2. The van der Waals surface area contributed by atoms with Gasteiger partial charge in [0.1, 0.15) is 5.75 Å². The molecule has 1 aromatic heterocycles. The van der Waals surface area contributed by atoms with E-state index >= 15 is 0 Å². The number of hydrogen-bond donors (Lipinski definition) is 1. The molecule has 0 spiro atoms. The molecule has 2 amide bonds. The van der Waals surface area contributed by atoms with Gasteiger partial charge in [-0.3, -0.25) is 14.9 Å². The Morgan fingerprint density at radius 1 is 1.07 bits per heavy atom. The van der Waals surface area contributed by atoms with Gasteiger partial charge in [-0.05, 0) is 47.7 Å². The number of ether oxygens (including phenoxy) is 1. The highest BCUT2D eigenvalue weighted by atomic mass is 32.2. The largest absolute Gasteiger partial charge is 0.493 e.